The Balaban J connectivity index is 2.22. The number of nitrogen functional groups attached to an aromatic ring is 1. The van der Waals surface area contributed by atoms with E-state index in [9.17, 15) is 0 Å². The van der Waals surface area contributed by atoms with Crippen molar-refractivity contribution in [2.75, 3.05) is 30.0 Å². The van der Waals surface area contributed by atoms with Gasteiger partial charge in [-0.3, -0.25) is 0 Å². The quantitative estimate of drug-likeness (QED) is 0.879. The molecule has 0 aliphatic heterocycles. The summed E-state index contributed by atoms with van der Waals surface area (Å²) in [6.45, 7) is 2.08. The van der Waals surface area contributed by atoms with E-state index >= 15 is 0 Å². The Kier molecular flexibility index (Phi) is 3.85. The monoisotopic (exact) mass is 257 g/mol. The molecule has 1 atom stereocenters. The van der Waals surface area contributed by atoms with Crippen LogP contribution in [-0.4, -0.2) is 24.1 Å². The first-order valence-corrected chi connectivity index (χ1v) is 6.19. The Morgan fingerprint density at radius 3 is 2.47 bits per heavy atom. The molecule has 19 heavy (non-hydrogen) atoms. The summed E-state index contributed by atoms with van der Waals surface area (Å²) >= 11 is 0. The van der Waals surface area contributed by atoms with Crippen molar-refractivity contribution in [2.24, 2.45) is 0 Å². The minimum Gasteiger partial charge on any atom is -0.393 e. The molecule has 1 aromatic heterocycles. The lowest BCUT2D eigenvalue weighted by Gasteiger charge is -2.19. The zero-order chi connectivity index (χ0) is 13.8. The lowest BCUT2D eigenvalue weighted by molar-refractivity contribution is 0.871. The van der Waals surface area contributed by atoms with Crippen LogP contribution >= 0.6 is 0 Å². The maximum absolute atomic E-state index is 6.08. The number of benzene rings is 1. The Bertz CT molecular complexity index is 539. The second-order valence-corrected chi connectivity index (χ2v) is 4.63. The van der Waals surface area contributed by atoms with Crippen molar-refractivity contribution in [2.45, 2.75) is 13.0 Å². The summed E-state index contributed by atoms with van der Waals surface area (Å²) in [5, 5.41) is 3.32. The molecule has 0 radical (unpaired) electrons. The maximum Gasteiger partial charge on any atom is 0.156 e. The highest BCUT2D eigenvalue weighted by Gasteiger charge is 2.12. The second kappa shape index (κ2) is 5.56. The first-order valence-electron chi connectivity index (χ1n) is 6.19. The normalized spacial score (nSPS) is 11.9. The predicted octanol–water partition coefficient (Wildman–Crippen LogP) is 2.30. The molecule has 0 saturated heterocycles. The van der Waals surface area contributed by atoms with Crippen LogP contribution in [0.1, 0.15) is 18.5 Å². The molecule has 0 saturated carbocycles. The Morgan fingerprint density at radius 1 is 1.16 bits per heavy atom. The van der Waals surface area contributed by atoms with E-state index in [1.54, 1.807) is 0 Å². The van der Waals surface area contributed by atoms with E-state index in [0.717, 1.165) is 5.82 Å². The van der Waals surface area contributed by atoms with Crippen molar-refractivity contribution in [3.05, 3.63) is 42.2 Å². The van der Waals surface area contributed by atoms with Gasteiger partial charge in [-0.1, -0.05) is 30.3 Å². The van der Waals surface area contributed by atoms with Crippen LogP contribution in [0, 0.1) is 0 Å². The molecule has 1 heterocycles. The van der Waals surface area contributed by atoms with Crippen LogP contribution in [0.3, 0.4) is 0 Å². The number of nitrogens with two attached hydrogens (primary N) is 1. The van der Waals surface area contributed by atoms with Gasteiger partial charge < -0.3 is 16.0 Å². The minimum atomic E-state index is 0.133. The Labute approximate surface area is 113 Å². The number of hydrogen-bond acceptors (Lipinski definition) is 5. The molecule has 5 nitrogen and oxygen atoms in total. The number of aromatic nitrogens is 2. The van der Waals surface area contributed by atoms with Crippen molar-refractivity contribution in [1.82, 2.24) is 9.97 Å². The average molecular weight is 257 g/mol. The van der Waals surface area contributed by atoms with Crippen LogP contribution in [-0.2, 0) is 0 Å². The third-order valence-electron chi connectivity index (χ3n) is 2.94. The molecule has 0 fully saturated rings. The fourth-order valence-corrected chi connectivity index (χ4v) is 1.89. The average Bonchev–Trinajstić information content (AvgIpc) is 2.41. The molecule has 2 aromatic rings. The third kappa shape index (κ3) is 2.93. The van der Waals surface area contributed by atoms with E-state index in [-0.39, 0.29) is 6.04 Å². The van der Waals surface area contributed by atoms with Crippen molar-refractivity contribution >= 4 is 17.3 Å². The molecule has 1 aromatic carbocycles. The highest BCUT2D eigenvalue weighted by molar-refractivity contribution is 5.74. The fourth-order valence-electron chi connectivity index (χ4n) is 1.89. The van der Waals surface area contributed by atoms with E-state index in [2.05, 4.69) is 34.3 Å². The summed E-state index contributed by atoms with van der Waals surface area (Å²) in [5.74, 6) is 1.38. The van der Waals surface area contributed by atoms with E-state index in [4.69, 9.17) is 5.73 Å². The van der Waals surface area contributed by atoms with Crippen molar-refractivity contribution < 1.29 is 0 Å². The summed E-state index contributed by atoms with van der Waals surface area (Å²) < 4.78 is 0. The lowest BCUT2D eigenvalue weighted by atomic mass is 10.1. The first-order chi connectivity index (χ1) is 9.09. The van der Waals surface area contributed by atoms with Crippen LogP contribution < -0.4 is 16.0 Å². The first kappa shape index (κ1) is 13.1. The molecule has 1 unspecified atom stereocenters. The highest BCUT2D eigenvalue weighted by Crippen LogP contribution is 2.27. The minimum absolute atomic E-state index is 0.133. The number of nitrogens with one attached hydrogen (secondary N) is 1. The lowest BCUT2D eigenvalue weighted by Crippen LogP contribution is -2.16. The number of anilines is 3. The SMILES string of the molecule is CC(Nc1ncnc(N(C)C)c1N)c1ccccc1. The number of rotatable bonds is 4. The van der Waals surface area contributed by atoms with Gasteiger partial charge in [0.25, 0.3) is 0 Å². The smallest absolute Gasteiger partial charge is 0.156 e. The molecule has 0 bridgehead atoms. The zero-order valence-electron chi connectivity index (χ0n) is 11.5. The van der Waals surface area contributed by atoms with E-state index in [1.807, 2.05) is 37.2 Å². The molecule has 0 amide bonds. The van der Waals surface area contributed by atoms with Crippen molar-refractivity contribution in [3.63, 3.8) is 0 Å². The van der Waals surface area contributed by atoms with Crippen molar-refractivity contribution in [3.8, 4) is 0 Å². The standard InChI is InChI=1S/C14H19N5/c1-10(11-7-5-4-6-8-11)18-13-12(15)14(19(2)3)17-9-16-13/h4-10H,15H2,1-3H3,(H,16,17,18). The second-order valence-electron chi connectivity index (χ2n) is 4.63. The molecule has 100 valence electrons. The number of nitrogens with zero attached hydrogens (tertiary/aromatic N) is 3. The third-order valence-corrected chi connectivity index (χ3v) is 2.94. The topological polar surface area (TPSA) is 67.1 Å². The number of hydrogen-bond donors (Lipinski definition) is 2. The molecule has 2 rings (SSSR count). The molecule has 3 N–H and O–H groups in total. The van der Waals surface area contributed by atoms with Gasteiger partial charge >= 0.3 is 0 Å². The molecule has 0 spiro atoms. The fraction of sp³-hybridized carbons (Fsp3) is 0.286. The molecule has 0 aliphatic carbocycles. The molecular weight excluding hydrogens is 238 g/mol. The van der Waals surface area contributed by atoms with E-state index in [0.29, 0.717) is 11.5 Å². The van der Waals surface area contributed by atoms with Crippen LogP contribution in [0.25, 0.3) is 0 Å². The summed E-state index contributed by atoms with van der Waals surface area (Å²) in [6, 6.07) is 10.3. The van der Waals surface area contributed by atoms with Gasteiger partial charge in [0.05, 0.1) is 6.04 Å². The van der Waals surface area contributed by atoms with Gasteiger partial charge in [0, 0.05) is 14.1 Å². The predicted molar refractivity (Wildman–Crippen MR) is 79.3 cm³/mol. The van der Waals surface area contributed by atoms with Gasteiger partial charge in [-0.15, -0.1) is 0 Å². The van der Waals surface area contributed by atoms with Gasteiger partial charge in [0.15, 0.2) is 11.6 Å². The van der Waals surface area contributed by atoms with Crippen LogP contribution in [0.15, 0.2) is 36.7 Å². The maximum atomic E-state index is 6.08. The summed E-state index contributed by atoms with van der Waals surface area (Å²) in [5.41, 5.74) is 7.83. The summed E-state index contributed by atoms with van der Waals surface area (Å²) in [6.07, 6.45) is 1.52. The van der Waals surface area contributed by atoms with Gasteiger partial charge in [0.2, 0.25) is 0 Å². The molecule has 0 aliphatic rings. The van der Waals surface area contributed by atoms with Crippen LogP contribution in [0.4, 0.5) is 17.3 Å². The van der Waals surface area contributed by atoms with Gasteiger partial charge in [0.1, 0.15) is 12.0 Å². The summed E-state index contributed by atoms with van der Waals surface area (Å²) in [7, 11) is 3.81. The van der Waals surface area contributed by atoms with Crippen LogP contribution in [0.2, 0.25) is 0 Å². The highest BCUT2D eigenvalue weighted by atomic mass is 15.2. The zero-order valence-corrected chi connectivity index (χ0v) is 11.5. The van der Waals surface area contributed by atoms with Gasteiger partial charge in [-0.2, -0.15) is 0 Å². The van der Waals surface area contributed by atoms with Crippen molar-refractivity contribution in [1.29, 1.82) is 0 Å². The largest absolute Gasteiger partial charge is 0.393 e. The molecule has 5 heteroatoms. The molecular formula is C14H19N5. The van der Waals surface area contributed by atoms with E-state index < -0.39 is 0 Å². The Morgan fingerprint density at radius 2 is 1.84 bits per heavy atom. The van der Waals surface area contributed by atoms with Gasteiger partial charge in [-0.25, -0.2) is 9.97 Å². The van der Waals surface area contributed by atoms with Crippen LogP contribution in [0.5, 0.6) is 0 Å². The summed E-state index contributed by atoms with van der Waals surface area (Å²) in [4.78, 5) is 10.3. The van der Waals surface area contributed by atoms with Gasteiger partial charge in [-0.05, 0) is 12.5 Å². The Hall–Kier alpha value is -2.30. The van der Waals surface area contributed by atoms with E-state index in [1.165, 1.54) is 11.9 Å².